The van der Waals surface area contributed by atoms with Crippen LogP contribution in [0.2, 0.25) is 0 Å². The van der Waals surface area contributed by atoms with Crippen molar-refractivity contribution in [3.63, 3.8) is 0 Å². The summed E-state index contributed by atoms with van der Waals surface area (Å²) in [5.74, 6) is -1.27. The molecule has 5 nitrogen and oxygen atoms in total. The Morgan fingerprint density at radius 1 is 1.31 bits per heavy atom. The molecule has 0 saturated heterocycles. The van der Waals surface area contributed by atoms with Crippen LogP contribution in [0.4, 0.5) is 5.69 Å². The van der Waals surface area contributed by atoms with Crippen LogP contribution in [0.25, 0.3) is 0 Å². The quantitative estimate of drug-likeness (QED) is 0.803. The molecule has 0 aliphatic heterocycles. The molecule has 0 aliphatic carbocycles. The minimum absolute atomic E-state index is 0.136. The number of carboxylic acid groups (broad SMARTS) is 1. The molecular weight excluding hydrogens is 208 g/mol. The smallest absolute Gasteiger partial charge is 0.335 e. The summed E-state index contributed by atoms with van der Waals surface area (Å²) in [6, 6.07) is 7.70. The lowest BCUT2D eigenvalue weighted by atomic mass is 10.2. The molecule has 0 unspecified atom stereocenters. The normalized spacial score (nSPS) is 9.19. The number of amides is 1. The van der Waals surface area contributed by atoms with Gasteiger partial charge >= 0.3 is 5.97 Å². The maximum absolute atomic E-state index is 11.2. The van der Waals surface area contributed by atoms with Gasteiger partial charge in [0.2, 0.25) is 5.91 Å². The van der Waals surface area contributed by atoms with Gasteiger partial charge in [-0.25, -0.2) is 4.79 Å². The molecule has 0 heterocycles. The molecule has 0 saturated carbocycles. The number of carbonyl (C=O) groups excluding carboxylic acids is 1. The first-order valence-corrected chi connectivity index (χ1v) is 4.63. The Morgan fingerprint density at radius 2 is 1.94 bits per heavy atom. The van der Waals surface area contributed by atoms with E-state index in [1.54, 1.807) is 0 Å². The fourth-order valence-electron chi connectivity index (χ4n) is 1.09. The highest BCUT2D eigenvalue weighted by Gasteiger charge is 2.04. The van der Waals surface area contributed by atoms with E-state index in [2.05, 4.69) is 5.32 Å². The molecule has 1 aromatic rings. The summed E-state index contributed by atoms with van der Waals surface area (Å²) in [6.45, 7) is 0. The maximum Gasteiger partial charge on any atom is 0.335 e. The van der Waals surface area contributed by atoms with Gasteiger partial charge < -0.3 is 10.4 Å². The molecule has 1 rings (SSSR count). The van der Waals surface area contributed by atoms with Crippen molar-refractivity contribution in [3.8, 4) is 6.07 Å². The molecule has 0 atom stereocenters. The number of hydrogen-bond acceptors (Lipinski definition) is 3. The van der Waals surface area contributed by atoms with Gasteiger partial charge in [0.05, 0.1) is 11.6 Å². The Kier molecular flexibility index (Phi) is 4.04. The fourth-order valence-corrected chi connectivity index (χ4v) is 1.09. The van der Waals surface area contributed by atoms with Gasteiger partial charge in [0, 0.05) is 18.5 Å². The van der Waals surface area contributed by atoms with E-state index in [0.717, 1.165) is 0 Å². The van der Waals surface area contributed by atoms with E-state index in [0.29, 0.717) is 5.69 Å². The zero-order valence-corrected chi connectivity index (χ0v) is 8.43. The highest BCUT2D eigenvalue weighted by Crippen LogP contribution is 2.10. The molecule has 82 valence electrons. The standard InChI is InChI=1S/C11H10N2O3/c12-7-1-2-10(14)13-9-5-3-8(4-6-9)11(15)16/h3-6H,1-2H2,(H,13,14)(H,15,16). The van der Waals surface area contributed by atoms with E-state index in [4.69, 9.17) is 10.4 Å². The third-order valence-corrected chi connectivity index (χ3v) is 1.88. The van der Waals surface area contributed by atoms with Crippen molar-refractivity contribution in [3.05, 3.63) is 29.8 Å². The Hall–Kier alpha value is -2.35. The third kappa shape index (κ3) is 3.42. The number of nitrogens with one attached hydrogen (secondary N) is 1. The summed E-state index contributed by atoms with van der Waals surface area (Å²) in [5.41, 5.74) is 0.683. The number of rotatable bonds is 4. The zero-order chi connectivity index (χ0) is 12.0. The van der Waals surface area contributed by atoms with Crippen LogP contribution in [-0.2, 0) is 4.79 Å². The molecule has 0 aliphatic rings. The summed E-state index contributed by atoms with van der Waals surface area (Å²) in [5, 5.41) is 19.5. The minimum Gasteiger partial charge on any atom is -0.478 e. The van der Waals surface area contributed by atoms with Gasteiger partial charge in [-0.05, 0) is 24.3 Å². The first kappa shape index (κ1) is 11.7. The highest BCUT2D eigenvalue weighted by molar-refractivity contribution is 5.92. The van der Waals surface area contributed by atoms with E-state index in [1.165, 1.54) is 24.3 Å². The van der Waals surface area contributed by atoms with Gasteiger partial charge in [0.25, 0.3) is 0 Å². The zero-order valence-electron chi connectivity index (χ0n) is 8.43. The second kappa shape index (κ2) is 5.51. The topological polar surface area (TPSA) is 90.2 Å². The van der Waals surface area contributed by atoms with Crippen LogP contribution >= 0.6 is 0 Å². The molecule has 0 spiro atoms. The van der Waals surface area contributed by atoms with Crippen molar-refractivity contribution in [1.82, 2.24) is 0 Å². The van der Waals surface area contributed by atoms with Crippen molar-refractivity contribution in [1.29, 1.82) is 5.26 Å². The monoisotopic (exact) mass is 218 g/mol. The van der Waals surface area contributed by atoms with Crippen LogP contribution in [0.5, 0.6) is 0 Å². The number of carboxylic acids is 1. The van der Waals surface area contributed by atoms with Crippen LogP contribution < -0.4 is 5.32 Å². The lowest BCUT2D eigenvalue weighted by Gasteiger charge is -2.03. The molecule has 0 radical (unpaired) electrons. The van der Waals surface area contributed by atoms with Crippen molar-refractivity contribution in [2.45, 2.75) is 12.8 Å². The first-order chi connectivity index (χ1) is 7.63. The largest absolute Gasteiger partial charge is 0.478 e. The number of benzene rings is 1. The average molecular weight is 218 g/mol. The number of hydrogen-bond donors (Lipinski definition) is 2. The summed E-state index contributed by atoms with van der Waals surface area (Å²) in [6.07, 6.45) is 0.302. The van der Waals surface area contributed by atoms with Gasteiger partial charge in [-0.1, -0.05) is 0 Å². The Bertz CT molecular complexity index is 432. The first-order valence-electron chi connectivity index (χ1n) is 4.63. The molecule has 2 N–H and O–H groups in total. The molecule has 0 fully saturated rings. The third-order valence-electron chi connectivity index (χ3n) is 1.88. The molecular formula is C11H10N2O3. The van der Waals surface area contributed by atoms with Crippen molar-refractivity contribution >= 4 is 17.6 Å². The summed E-state index contributed by atoms with van der Waals surface area (Å²) >= 11 is 0. The highest BCUT2D eigenvalue weighted by atomic mass is 16.4. The van der Waals surface area contributed by atoms with Crippen LogP contribution in [0.1, 0.15) is 23.2 Å². The van der Waals surface area contributed by atoms with Crippen LogP contribution in [0, 0.1) is 11.3 Å². The van der Waals surface area contributed by atoms with Crippen LogP contribution in [-0.4, -0.2) is 17.0 Å². The van der Waals surface area contributed by atoms with E-state index in [-0.39, 0.29) is 24.3 Å². The number of carbonyl (C=O) groups is 2. The lowest BCUT2D eigenvalue weighted by Crippen LogP contribution is -2.10. The maximum atomic E-state index is 11.2. The van der Waals surface area contributed by atoms with E-state index in [1.807, 2.05) is 6.07 Å². The lowest BCUT2D eigenvalue weighted by molar-refractivity contribution is -0.116. The minimum atomic E-state index is -1.01. The molecule has 1 aromatic carbocycles. The Morgan fingerprint density at radius 3 is 2.44 bits per heavy atom. The summed E-state index contributed by atoms with van der Waals surface area (Å²) in [7, 11) is 0. The van der Waals surface area contributed by atoms with E-state index in [9.17, 15) is 9.59 Å². The Labute approximate surface area is 92.3 Å². The average Bonchev–Trinajstić information content (AvgIpc) is 2.27. The molecule has 1 amide bonds. The molecule has 16 heavy (non-hydrogen) atoms. The predicted molar refractivity (Wildman–Crippen MR) is 56.9 cm³/mol. The second-order valence-corrected chi connectivity index (χ2v) is 3.09. The SMILES string of the molecule is N#CCCC(=O)Nc1ccc(C(=O)O)cc1. The summed E-state index contributed by atoms with van der Waals surface area (Å²) in [4.78, 5) is 21.8. The van der Waals surface area contributed by atoms with Gasteiger partial charge in [-0.2, -0.15) is 5.26 Å². The fraction of sp³-hybridized carbons (Fsp3) is 0.182. The van der Waals surface area contributed by atoms with Gasteiger partial charge in [-0.3, -0.25) is 4.79 Å². The predicted octanol–water partition coefficient (Wildman–Crippen LogP) is 1.63. The number of nitrogens with zero attached hydrogens (tertiary/aromatic N) is 1. The molecule has 0 bridgehead atoms. The molecule has 0 aromatic heterocycles. The van der Waals surface area contributed by atoms with Crippen molar-refractivity contribution in [2.75, 3.05) is 5.32 Å². The number of aromatic carboxylic acids is 1. The van der Waals surface area contributed by atoms with Crippen LogP contribution in [0.15, 0.2) is 24.3 Å². The van der Waals surface area contributed by atoms with Gasteiger partial charge in [0.15, 0.2) is 0 Å². The van der Waals surface area contributed by atoms with Crippen LogP contribution in [0.3, 0.4) is 0 Å². The van der Waals surface area contributed by atoms with Crippen molar-refractivity contribution < 1.29 is 14.7 Å². The molecule has 5 heteroatoms. The number of anilines is 1. The second-order valence-electron chi connectivity index (χ2n) is 3.09. The van der Waals surface area contributed by atoms with Gasteiger partial charge in [0.1, 0.15) is 0 Å². The van der Waals surface area contributed by atoms with E-state index < -0.39 is 5.97 Å². The Balaban J connectivity index is 2.59. The van der Waals surface area contributed by atoms with Crippen molar-refractivity contribution in [2.24, 2.45) is 0 Å². The van der Waals surface area contributed by atoms with E-state index >= 15 is 0 Å². The summed E-state index contributed by atoms with van der Waals surface area (Å²) < 4.78 is 0. The van der Waals surface area contributed by atoms with Gasteiger partial charge in [-0.15, -0.1) is 0 Å². The number of nitriles is 1.